The molecule has 0 aliphatic heterocycles. The van der Waals surface area contributed by atoms with Gasteiger partial charge in [-0.15, -0.1) is 0 Å². The second-order valence-corrected chi connectivity index (χ2v) is 4.69. The van der Waals surface area contributed by atoms with Crippen molar-refractivity contribution in [1.82, 2.24) is 5.32 Å². The van der Waals surface area contributed by atoms with Gasteiger partial charge >= 0.3 is 0 Å². The van der Waals surface area contributed by atoms with E-state index >= 15 is 0 Å². The van der Waals surface area contributed by atoms with Crippen molar-refractivity contribution in [3.05, 3.63) is 38.9 Å². The lowest BCUT2D eigenvalue weighted by Gasteiger charge is -2.20. The molecule has 1 rings (SSSR count). The molecular formula is C11H13ClN2O5. The molecule has 0 spiro atoms. The fraction of sp³-hybridized carbons (Fsp3) is 0.364. The van der Waals surface area contributed by atoms with Crippen molar-refractivity contribution in [1.29, 1.82) is 0 Å². The molecule has 0 aliphatic rings. The summed E-state index contributed by atoms with van der Waals surface area (Å²) in [5, 5.41) is 31.6. The van der Waals surface area contributed by atoms with Crippen LogP contribution in [0.1, 0.15) is 17.3 Å². The molecule has 0 heterocycles. The molecular weight excluding hydrogens is 276 g/mol. The molecule has 0 saturated heterocycles. The first-order valence-corrected chi connectivity index (χ1v) is 5.70. The SMILES string of the molecule is CC(O)(CO)CNC(=O)c1cc(Cl)ccc1[N+](=O)[O-]. The summed E-state index contributed by atoms with van der Waals surface area (Å²) in [6.45, 7) is 0.524. The van der Waals surface area contributed by atoms with Gasteiger partial charge < -0.3 is 15.5 Å². The zero-order valence-corrected chi connectivity index (χ0v) is 10.8. The Balaban J connectivity index is 2.93. The van der Waals surface area contributed by atoms with Crippen molar-refractivity contribution < 1.29 is 19.9 Å². The monoisotopic (exact) mass is 288 g/mol. The van der Waals surface area contributed by atoms with Gasteiger partial charge in [-0.3, -0.25) is 14.9 Å². The highest BCUT2D eigenvalue weighted by atomic mass is 35.5. The van der Waals surface area contributed by atoms with Crippen LogP contribution in [0.5, 0.6) is 0 Å². The number of rotatable bonds is 5. The Morgan fingerprint density at radius 2 is 2.21 bits per heavy atom. The molecule has 0 radical (unpaired) electrons. The Hall–Kier alpha value is -1.70. The minimum atomic E-state index is -1.50. The van der Waals surface area contributed by atoms with Gasteiger partial charge in [-0.25, -0.2) is 0 Å². The zero-order chi connectivity index (χ0) is 14.6. The number of nitro groups is 1. The summed E-state index contributed by atoms with van der Waals surface area (Å²) in [6, 6.07) is 3.60. The first kappa shape index (κ1) is 15.4. The number of aliphatic hydroxyl groups excluding tert-OH is 1. The summed E-state index contributed by atoms with van der Waals surface area (Å²) >= 11 is 5.69. The summed E-state index contributed by atoms with van der Waals surface area (Å²) in [7, 11) is 0. The van der Waals surface area contributed by atoms with E-state index in [2.05, 4.69) is 5.32 Å². The lowest BCUT2D eigenvalue weighted by molar-refractivity contribution is -0.385. The largest absolute Gasteiger partial charge is 0.393 e. The topological polar surface area (TPSA) is 113 Å². The van der Waals surface area contributed by atoms with E-state index in [9.17, 15) is 20.0 Å². The number of nitrogens with zero attached hydrogens (tertiary/aromatic N) is 1. The van der Waals surface area contributed by atoms with Gasteiger partial charge in [0.15, 0.2) is 0 Å². The minimum absolute atomic E-state index is 0.185. The molecule has 1 atom stereocenters. The van der Waals surface area contributed by atoms with Crippen LogP contribution in [0.4, 0.5) is 5.69 Å². The van der Waals surface area contributed by atoms with Gasteiger partial charge in [0.2, 0.25) is 0 Å². The highest BCUT2D eigenvalue weighted by Gasteiger charge is 2.24. The molecule has 1 amide bonds. The molecule has 1 unspecified atom stereocenters. The number of hydrogen-bond acceptors (Lipinski definition) is 5. The van der Waals surface area contributed by atoms with Crippen LogP contribution >= 0.6 is 11.6 Å². The summed E-state index contributed by atoms with van der Waals surface area (Å²) in [6.07, 6.45) is 0. The van der Waals surface area contributed by atoms with Gasteiger partial charge in [-0.1, -0.05) is 11.6 Å². The number of aliphatic hydroxyl groups is 2. The first-order chi connectivity index (χ1) is 8.76. The molecule has 7 nitrogen and oxygen atoms in total. The number of carbonyl (C=O) groups excluding carboxylic acids is 1. The van der Waals surface area contributed by atoms with E-state index < -0.39 is 23.0 Å². The van der Waals surface area contributed by atoms with Crippen LogP contribution in [0.25, 0.3) is 0 Å². The van der Waals surface area contributed by atoms with Crippen LogP contribution in [-0.2, 0) is 0 Å². The predicted molar refractivity (Wildman–Crippen MR) is 68.1 cm³/mol. The molecule has 0 bridgehead atoms. The Kier molecular flexibility index (Phi) is 4.82. The third kappa shape index (κ3) is 4.16. The van der Waals surface area contributed by atoms with E-state index in [0.717, 1.165) is 6.07 Å². The Morgan fingerprint density at radius 1 is 1.58 bits per heavy atom. The number of nitro benzene ring substituents is 1. The van der Waals surface area contributed by atoms with Gasteiger partial charge in [0.25, 0.3) is 11.6 Å². The van der Waals surface area contributed by atoms with Crippen molar-refractivity contribution in [2.75, 3.05) is 13.2 Å². The third-order valence-electron chi connectivity index (χ3n) is 2.37. The van der Waals surface area contributed by atoms with E-state index in [1.165, 1.54) is 19.1 Å². The quantitative estimate of drug-likeness (QED) is 0.546. The van der Waals surface area contributed by atoms with Gasteiger partial charge in [0, 0.05) is 17.6 Å². The molecule has 8 heteroatoms. The van der Waals surface area contributed by atoms with E-state index in [1.54, 1.807) is 0 Å². The molecule has 3 N–H and O–H groups in total. The Morgan fingerprint density at radius 3 is 2.74 bits per heavy atom. The average molecular weight is 289 g/mol. The fourth-order valence-electron chi connectivity index (χ4n) is 1.27. The summed E-state index contributed by atoms with van der Waals surface area (Å²) in [5.74, 6) is -0.747. The second-order valence-electron chi connectivity index (χ2n) is 4.26. The fourth-order valence-corrected chi connectivity index (χ4v) is 1.44. The normalized spacial score (nSPS) is 13.7. The number of benzene rings is 1. The van der Waals surface area contributed by atoms with Gasteiger partial charge in [0.1, 0.15) is 11.2 Å². The van der Waals surface area contributed by atoms with Crippen LogP contribution in [-0.4, -0.2) is 39.8 Å². The van der Waals surface area contributed by atoms with Crippen molar-refractivity contribution in [3.63, 3.8) is 0 Å². The molecule has 19 heavy (non-hydrogen) atoms. The summed E-state index contributed by atoms with van der Waals surface area (Å²) in [4.78, 5) is 21.9. The van der Waals surface area contributed by atoms with Crippen molar-refractivity contribution in [2.24, 2.45) is 0 Å². The Labute approximate surface area is 114 Å². The lowest BCUT2D eigenvalue weighted by atomic mass is 10.1. The van der Waals surface area contributed by atoms with Crippen LogP contribution in [0, 0.1) is 10.1 Å². The van der Waals surface area contributed by atoms with E-state index in [0.29, 0.717) is 0 Å². The van der Waals surface area contributed by atoms with Gasteiger partial charge in [-0.05, 0) is 19.1 Å². The van der Waals surface area contributed by atoms with Crippen LogP contribution in [0.15, 0.2) is 18.2 Å². The van der Waals surface area contributed by atoms with Crippen molar-refractivity contribution in [2.45, 2.75) is 12.5 Å². The van der Waals surface area contributed by atoms with E-state index in [4.69, 9.17) is 16.7 Å². The molecule has 0 aliphatic carbocycles. The minimum Gasteiger partial charge on any atom is -0.393 e. The molecule has 104 valence electrons. The molecule has 0 aromatic heterocycles. The van der Waals surface area contributed by atoms with Crippen molar-refractivity contribution in [3.8, 4) is 0 Å². The van der Waals surface area contributed by atoms with E-state index in [1.807, 2.05) is 0 Å². The predicted octanol–water partition coefficient (Wildman–Crippen LogP) is 0.721. The summed E-state index contributed by atoms with van der Waals surface area (Å²) < 4.78 is 0. The van der Waals surface area contributed by atoms with Crippen molar-refractivity contribution >= 4 is 23.2 Å². The van der Waals surface area contributed by atoms with Crippen LogP contribution < -0.4 is 5.32 Å². The number of carbonyl (C=O) groups is 1. The Bertz CT molecular complexity index is 504. The highest BCUT2D eigenvalue weighted by Crippen LogP contribution is 2.22. The maximum atomic E-state index is 11.8. The smallest absolute Gasteiger partial charge is 0.282 e. The van der Waals surface area contributed by atoms with Crippen LogP contribution in [0.2, 0.25) is 5.02 Å². The standard InChI is InChI=1S/C11H13ClN2O5/c1-11(17,6-15)5-13-10(16)8-4-7(12)2-3-9(8)14(18)19/h2-4,15,17H,5-6H2,1H3,(H,13,16). The summed E-state index contributed by atoms with van der Waals surface area (Å²) in [5.41, 5.74) is -2.08. The third-order valence-corrected chi connectivity index (χ3v) is 2.61. The number of nitrogens with one attached hydrogen (secondary N) is 1. The first-order valence-electron chi connectivity index (χ1n) is 5.32. The number of amides is 1. The molecule has 0 fully saturated rings. The number of hydrogen-bond donors (Lipinski definition) is 3. The lowest BCUT2D eigenvalue weighted by Crippen LogP contribution is -2.43. The molecule has 0 saturated carbocycles. The maximum absolute atomic E-state index is 11.8. The van der Waals surface area contributed by atoms with Gasteiger partial charge in [-0.2, -0.15) is 0 Å². The van der Waals surface area contributed by atoms with Crippen LogP contribution in [0.3, 0.4) is 0 Å². The van der Waals surface area contributed by atoms with Gasteiger partial charge in [0.05, 0.1) is 11.5 Å². The molecule has 1 aromatic rings. The second kappa shape index (κ2) is 5.96. The maximum Gasteiger partial charge on any atom is 0.282 e. The highest BCUT2D eigenvalue weighted by molar-refractivity contribution is 6.31. The van der Waals surface area contributed by atoms with E-state index in [-0.39, 0.29) is 22.8 Å². The molecule has 1 aromatic carbocycles. The zero-order valence-electron chi connectivity index (χ0n) is 10.1. The number of halogens is 1. The average Bonchev–Trinajstić information content (AvgIpc) is 2.35.